The quantitative estimate of drug-likeness (QED) is 0.203. The molecule has 266 valence electrons. The molecule has 5 heterocycles. The minimum absolute atomic E-state index is 0.0451. The molecule has 4 atom stereocenters. The van der Waals surface area contributed by atoms with E-state index in [0.29, 0.717) is 19.2 Å². The Kier molecular flexibility index (Phi) is 7.64. The van der Waals surface area contributed by atoms with Gasteiger partial charge < -0.3 is 25.6 Å². The third-order valence-corrected chi connectivity index (χ3v) is 11.2. The fourth-order valence-electron chi connectivity index (χ4n) is 7.75. The number of hydrogen-bond acceptors (Lipinski definition) is 9. The zero-order valence-electron chi connectivity index (χ0n) is 29.9. The number of nitrogen functional groups attached to an aromatic ring is 1. The van der Waals surface area contributed by atoms with Crippen molar-refractivity contribution in [1.29, 1.82) is 5.26 Å². The average Bonchev–Trinajstić information content (AvgIpc) is 3.58. The van der Waals surface area contributed by atoms with E-state index in [1.807, 2.05) is 0 Å². The highest BCUT2D eigenvalue weighted by Gasteiger charge is 2.45. The van der Waals surface area contributed by atoms with Crippen LogP contribution in [0.4, 0.5) is 41.6 Å². The zero-order chi connectivity index (χ0) is 38.4. The van der Waals surface area contributed by atoms with Crippen molar-refractivity contribution in [2.45, 2.75) is 57.8 Å². The summed E-state index contributed by atoms with van der Waals surface area (Å²) in [4.78, 5) is 11.4. The van der Waals surface area contributed by atoms with Crippen LogP contribution in [0.2, 0.25) is 0 Å². The van der Waals surface area contributed by atoms with Gasteiger partial charge in [0.1, 0.15) is 28.2 Å². The fourth-order valence-corrected chi connectivity index (χ4v) is 8.78. The van der Waals surface area contributed by atoms with Crippen molar-refractivity contribution in [2.75, 3.05) is 50.4 Å². The average molecular weight is 725 g/mol. The SMILES string of the molecule is [2H]C([2H])([2H])N1CC[C@H](C(F)F)[C@](C)(COc2nc(N3C[C@H]4CC[C@@H](C3)N4)c3cc(C(F)(F)F)c(-c4c(F)c(C)cc5sc(N)c(C#N)c45)c(F)c3n2)C1. The summed E-state index contributed by atoms with van der Waals surface area (Å²) in [6.07, 6.45) is -6.67. The third kappa shape index (κ3) is 5.76. The van der Waals surface area contributed by atoms with Gasteiger partial charge in [0.15, 0.2) is 5.82 Å². The maximum Gasteiger partial charge on any atom is 0.417 e. The second kappa shape index (κ2) is 12.4. The number of aryl methyl sites for hydroxylation is 1. The minimum Gasteiger partial charge on any atom is -0.463 e. The molecule has 0 spiro atoms. The summed E-state index contributed by atoms with van der Waals surface area (Å²) in [6, 6.07) is 3.15. The lowest BCUT2D eigenvalue weighted by atomic mass is 9.73. The van der Waals surface area contributed by atoms with Gasteiger partial charge in [0, 0.05) is 73.8 Å². The molecule has 3 aliphatic heterocycles. The van der Waals surface area contributed by atoms with Crippen LogP contribution in [0.3, 0.4) is 0 Å². The highest BCUT2D eigenvalue weighted by Crippen LogP contribution is 2.49. The number of nitrogens with one attached hydrogen (secondary N) is 1. The van der Waals surface area contributed by atoms with Gasteiger partial charge in [0.2, 0.25) is 6.43 Å². The molecular weight excluding hydrogens is 687 g/mol. The molecule has 3 N–H and O–H groups in total. The van der Waals surface area contributed by atoms with Gasteiger partial charge >= 0.3 is 12.2 Å². The van der Waals surface area contributed by atoms with E-state index < -0.39 is 77.4 Å². The number of hydrogen-bond donors (Lipinski definition) is 2. The summed E-state index contributed by atoms with van der Waals surface area (Å²) in [7, 11) is 0. The van der Waals surface area contributed by atoms with Gasteiger partial charge in [-0.3, -0.25) is 0 Å². The van der Waals surface area contributed by atoms with Crippen LogP contribution in [0.5, 0.6) is 6.01 Å². The molecule has 3 fully saturated rings. The molecule has 2 aromatic carbocycles. The van der Waals surface area contributed by atoms with Crippen molar-refractivity contribution in [3.63, 3.8) is 0 Å². The molecule has 0 radical (unpaired) electrons. The largest absolute Gasteiger partial charge is 0.463 e. The van der Waals surface area contributed by atoms with Crippen LogP contribution in [0.25, 0.3) is 32.1 Å². The van der Waals surface area contributed by atoms with E-state index in [0.717, 1.165) is 29.1 Å². The van der Waals surface area contributed by atoms with Crippen molar-refractivity contribution in [2.24, 2.45) is 11.3 Å². The van der Waals surface area contributed by atoms with E-state index in [9.17, 15) is 14.0 Å². The van der Waals surface area contributed by atoms with Crippen LogP contribution in [-0.4, -0.2) is 73.1 Å². The monoisotopic (exact) mass is 724 g/mol. The third-order valence-electron chi connectivity index (χ3n) is 10.2. The van der Waals surface area contributed by atoms with Gasteiger partial charge in [-0.1, -0.05) is 6.92 Å². The number of nitriles is 1. The first-order chi connectivity index (χ1) is 24.8. The number of thiophene rings is 1. The van der Waals surface area contributed by atoms with Gasteiger partial charge in [-0.2, -0.15) is 28.4 Å². The number of benzene rings is 2. The van der Waals surface area contributed by atoms with Crippen molar-refractivity contribution < 1.29 is 39.6 Å². The predicted octanol–water partition coefficient (Wildman–Crippen LogP) is 7.11. The van der Waals surface area contributed by atoms with Gasteiger partial charge in [0.05, 0.1) is 17.7 Å². The number of aromatic nitrogens is 2. The van der Waals surface area contributed by atoms with E-state index >= 15 is 22.0 Å². The van der Waals surface area contributed by atoms with Crippen LogP contribution >= 0.6 is 11.3 Å². The summed E-state index contributed by atoms with van der Waals surface area (Å²) < 4.78 is 137. The van der Waals surface area contributed by atoms with Crippen molar-refractivity contribution >= 4 is 43.1 Å². The van der Waals surface area contributed by atoms with Crippen molar-refractivity contribution in [1.82, 2.24) is 20.2 Å². The summed E-state index contributed by atoms with van der Waals surface area (Å²) >= 11 is 0.846. The first kappa shape index (κ1) is 30.8. The van der Waals surface area contributed by atoms with Gasteiger partial charge in [-0.25, -0.2) is 17.6 Å². The molecule has 0 saturated carbocycles. The van der Waals surface area contributed by atoms with Crippen LogP contribution in [0, 0.1) is 41.2 Å². The number of anilines is 2. The molecule has 2 aromatic heterocycles. The smallest absolute Gasteiger partial charge is 0.417 e. The number of ether oxygens (including phenoxy) is 1. The molecule has 8 nitrogen and oxygen atoms in total. The molecule has 3 aliphatic rings. The molecule has 0 unspecified atom stereocenters. The van der Waals surface area contributed by atoms with E-state index in [4.69, 9.17) is 14.6 Å². The van der Waals surface area contributed by atoms with Crippen LogP contribution < -0.4 is 20.7 Å². The number of alkyl halides is 5. The maximum atomic E-state index is 17.2. The van der Waals surface area contributed by atoms with Gasteiger partial charge in [-0.05, 0) is 57.4 Å². The Morgan fingerprint density at radius 3 is 2.52 bits per heavy atom. The predicted molar refractivity (Wildman–Crippen MR) is 177 cm³/mol. The lowest BCUT2D eigenvalue weighted by Gasteiger charge is -2.44. The summed E-state index contributed by atoms with van der Waals surface area (Å²) in [6.45, 7) is -0.204. The number of piperidine rings is 1. The lowest BCUT2D eigenvalue weighted by molar-refractivity contribution is -0.137. The molecular formula is C34H34F7N7OS. The molecule has 7 rings (SSSR count). The molecule has 3 saturated heterocycles. The van der Waals surface area contributed by atoms with Crippen LogP contribution in [0.15, 0.2) is 12.1 Å². The zero-order valence-corrected chi connectivity index (χ0v) is 27.7. The number of rotatable bonds is 6. The number of nitrogens with two attached hydrogens (primary N) is 1. The van der Waals surface area contributed by atoms with E-state index in [-0.39, 0.29) is 69.0 Å². The summed E-state index contributed by atoms with van der Waals surface area (Å²) in [5.41, 5.74) is -0.0551. The van der Waals surface area contributed by atoms with Gasteiger partial charge in [0.25, 0.3) is 0 Å². The first-order valence-corrected chi connectivity index (χ1v) is 16.8. The van der Waals surface area contributed by atoms with E-state index in [1.165, 1.54) is 19.9 Å². The minimum atomic E-state index is -5.23. The van der Waals surface area contributed by atoms with Crippen molar-refractivity contribution in [3.05, 3.63) is 40.5 Å². The summed E-state index contributed by atoms with van der Waals surface area (Å²) in [5, 5.41) is 12.6. The van der Waals surface area contributed by atoms with Crippen LogP contribution in [-0.2, 0) is 6.18 Å². The number of piperazine rings is 1. The van der Waals surface area contributed by atoms with E-state index in [2.05, 4.69) is 15.3 Å². The second-order valence-electron chi connectivity index (χ2n) is 13.7. The van der Waals surface area contributed by atoms with E-state index in [1.54, 1.807) is 11.0 Å². The normalized spacial score (nSPS) is 25.6. The topological polar surface area (TPSA) is 103 Å². The number of halogens is 7. The molecule has 4 aromatic rings. The maximum absolute atomic E-state index is 17.2. The first-order valence-electron chi connectivity index (χ1n) is 17.5. The molecule has 2 bridgehead atoms. The summed E-state index contributed by atoms with van der Waals surface area (Å²) in [5.74, 6) is -4.15. The highest BCUT2D eigenvalue weighted by atomic mass is 32.1. The standard InChI is InChI=1S/C34H34F7N7OS/c1-15-8-22-23(19(10-42)30(43)50-22)25(26(15)35)24-21(34(39,40)41)9-18-28(27(24)36)45-32(46-31(18)48-11-16-4-5-17(12-48)44-16)49-14-33(2)13-47(3)7-6-20(33)29(37)38/h8-9,16-17,20,29,44H,4-7,11-14,43H2,1-3H3/t16-,17+,20-,33+/m1/s1/i3D3. The Morgan fingerprint density at radius 1 is 1.16 bits per heavy atom. The van der Waals surface area contributed by atoms with Crippen molar-refractivity contribution in [3.8, 4) is 23.2 Å². The van der Waals surface area contributed by atoms with Gasteiger partial charge in [-0.15, -0.1) is 11.3 Å². The fraction of sp³-hybridized carbons (Fsp3) is 0.500. The Labute approximate surface area is 291 Å². The lowest BCUT2D eigenvalue weighted by Crippen LogP contribution is -2.51. The molecule has 16 heteroatoms. The molecule has 0 aliphatic carbocycles. The number of likely N-dealkylation sites (tertiary alicyclic amines) is 1. The van der Waals surface area contributed by atoms with Crippen LogP contribution in [0.1, 0.15) is 47.0 Å². The Hall–Kier alpha value is -3.94. The second-order valence-corrected chi connectivity index (χ2v) is 14.8. The Bertz CT molecular complexity index is 2150. The molecule has 50 heavy (non-hydrogen) atoms. The Balaban J connectivity index is 1.45. The number of fused-ring (bicyclic) bond motifs is 4. The molecule has 0 amide bonds. The number of nitrogens with zero attached hydrogens (tertiary/aromatic N) is 5. The highest BCUT2D eigenvalue weighted by molar-refractivity contribution is 7.23. The Morgan fingerprint density at radius 2 is 1.88 bits per heavy atom.